The summed E-state index contributed by atoms with van der Waals surface area (Å²) >= 11 is 0. The molecule has 2 rings (SSSR count). The zero-order valence-corrected chi connectivity index (χ0v) is 11.1. The van der Waals surface area contributed by atoms with Crippen molar-refractivity contribution >= 4 is 23.4 Å². The third-order valence-corrected chi connectivity index (χ3v) is 2.80. The van der Waals surface area contributed by atoms with Crippen molar-refractivity contribution < 1.29 is 19.1 Å². The van der Waals surface area contributed by atoms with E-state index in [2.05, 4.69) is 20.7 Å². The number of hydrogen-bond donors (Lipinski definition) is 3. The Bertz CT molecular complexity index is 486. The molecule has 1 aliphatic heterocycles. The number of ether oxygens (including phenoxy) is 2. The van der Waals surface area contributed by atoms with Gasteiger partial charge in [-0.05, 0) is 18.2 Å². The van der Waals surface area contributed by atoms with Crippen molar-refractivity contribution in [1.82, 2.24) is 5.32 Å². The Morgan fingerprint density at radius 2 is 2.10 bits per heavy atom. The predicted molar refractivity (Wildman–Crippen MR) is 73.7 cm³/mol. The number of methoxy groups -OCH3 is 1. The Kier molecular flexibility index (Phi) is 4.91. The van der Waals surface area contributed by atoms with Crippen LogP contribution in [0, 0.1) is 0 Å². The van der Waals surface area contributed by atoms with Crippen LogP contribution in [-0.4, -0.2) is 44.9 Å². The third kappa shape index (κ3) is 3.94. The first-order valence-electron chi connectivity index (χ1n) is 6.26. The lowest BCUT2D eigenvalue weighted by atomic mass is 10.2. The highest BCUT2D eigenvalue weighted by Gasteiger charge is 2.21. The molecular formula is C13H17N3O4. The van der Waals surface area contributed by atoms with E-state index in [0.717, 1.165) is 0 Å². The van der Waals surface area contributed by atoms with Crippen LogP contribution in [0.2, 0.25) is 0 Å². The largest absolute Gasteiger partial charge is 0.453 e. The van der Waals surface area contributed by atoms with Gasteiger partial charge in [0.2, 0.25) is 5.91 Å². The molecular weight excluding hydrogens is 262 g/mol. The van der Waals surface area contributed by atoms with Crippen molar-refractivity contribution in [3.63, 3.8) is 0 Å². The minimum atomic E-state index is -0.559. The second kappa shape index (κ2) is 6.88. The quantitative estimate of drug-likeness (QED) is 0.761. The molecule has 1 unspecified atom stereocenters. The Labute approximate surface area is 116 Å². The standard InChI is InChI=1S/C13H17N3O4/c1-19-13(18)16-10-4-2-3-9(7-10)15-12(17)11-8-20-6-5-14-11/h2-4,7,11,14H,5-6,8H2,1H3,(H,15,17)(H,16,18). The summed E-state index contributed by atoms with van der Waals surface area (Å²) in [5.41, 5.74) is 1.14. The van der Waals surface area contributed by atoms with Crippen LogP contribution in [0.5, 0.6) is 0 Å². The van der Waals surface area contributed by atoms with E-state index in [1.807, 2.05) is 0 Å². The highest BCUT2D eigenvalue weighted by atomic mass is 16.5. The van der Waals surface area contributed by atoms with E-state index in [1.165, 1.54) is 7.11 Å². The molecule has 7 nitrogen and oxygen atoms in total. The van der Waals surface area contributed by atoms with Crippen LogP contribution in [0.3, 0.4) is 0 Å². The number of carbonyl (C=O) groups excluding carboxylic acids is 2. The molecule has 1 aromatic carbocycles. The highest BCUT2D eigenvalue weighted by Crippen LogP contribution is 2.15. The molecule has 2 amide bonds. The molecule has 1 heterocycles. The summed E-state index contributed by atoms with van der Waals surface area (Å²) < 4.78 is 9.74. The predicted octanol–water partition coefficient (Wildman–Crippen LogP) is 0.792. The molecule has 108 valence electrons. The zero-order chi connectivity index (χ0) is 14.4. The molecule has 3 N–H and O–H groups in total. The Hall–Kier alpha value is -2.12. The van der Waals surface area contributed by atoms with E-state index >= 15 is 0 Å². The normalized spacial score (nSPS) is 18.1. The molecule has 1 saturated heterocycles. The van der Waals surface area contributed by atoms with Gasteiger partial charge in [-0.1, -0.05) is 6.07 Å². The van der Waals surface area contributed by atoms with E-state index in [-0.39, 0.29) is 11.9 Å². The summed E-state index contributed by atoms with van der Waals surface area (Å²) in [7, 11) is 1.29. The van der Waals surface area contributed by atoms with Crippen molar-refractivity contribution in [2.24, 2.45) is 0 Å². The number of rotatable bonds is 3. The number of morpholine rings is 1. The van der Waals surface area contributed by atoms with Crippen molar-refractivity contribution in [2.75, 3.05) is 37.5 Å². The van der Waals surface area contributed by atoms with Gasteiger partial charge in [-0.25, -0.2) is 4.79 Å². The second-order valence-corrected chi connectivity index (χ2v) is 4.27. The second-order valence-electron chi connectivity index (χ2n) is 4.27. The number of nitrogens with one attached hydrogen (secondary N) is 3. The van der Waals surface area contributed by atoms with E-state index in [0.29, 0.717) is 31.1 Å². The fourth-order valence-corrected chi connectivity index (χ4v) is 1.81. The minimum Gasteiger partial charge on any atom is -0.453 e. The molecule has 1 atom stereocenters. The van der Waals surface area contributed by atoms with E-state index in [1.54, 1.807) is 24.3 Å². The summed E-state index contributed by atoms with van der Waals surface area (Å²) in [6, 6.07) is 6.46. The molecule has 1 aliphatic rings. The zero-order valence-electron chi connectivity index (χ0n) is 11.1. The SMILES string of the molecule is COC(=O)Nc1cccc(NC(=O)C2COCCN2)c1. The number of hydrogen-bond acceptors (Lipinski definition) is 5. The van der Waals surface area contributed by atoms with E-state index in [9.17, 15) is 9.59 Å². The maximum absolute atomic E-state index is 12.0. The van der Waals surface area contributed by atoms with Crippen LogP contribution in [0.15, 0.2) is 24.3 Å². The number of carbonyl (C=O) groups is 2. The number of amides is 2. The van der Waals surface area contributed by atoms with Gasteiger partial charge >= 0.3 is 6.09 Å². The van der Waals surface area contributed by atoms with Gasteiger partial charge in [-0.15, -0.1) is 0 Å². The van der Waals surface area contributed by atoms with Gasteiger partial charge in [-0.2, -0.15) is 0 Å². The molecule has 0 aliphatic carbocycles. The fraction of sp³-hybridized carbons (Fsp3) is 0.385. The van der Waals surface area contributed by atoms with Crippen LogP contribution in [-0.2, 0) is 14.3 Å². The van der Waals surface area contributed by atoms with Crippen LogP contribution < -0.4 is 16.0 Å². The summed E-state index contributed by atoms with van der Waals surface area (Å²) in [6.07, 6.45) is -0.559. The first kappa shape index (κ1) is 14.3. The molecule has 0 aromatic heterocycles. The topological polar surface area (TPSA) is 88.7 Å². The van der Waals surface area contributed by atoms with Gasteiger partial charge in [0.15, 0.2) is 0 Å². The van der Waals surface area contributed by atoms with E-state index < -0.39 is 6.09 Å². The van der Waals surface area contributed by atoms with Gasteiger partial charge in [0.25, 0.3) is 0 Å². The minimum absolute atomic E-state index is 0.167. The molecule has 20 heavy (non-hydrogen) atoms. The summed E-state index contributed by atoms with van der Waals surface area (Å²) in [5, 5.41) is 8.37. The van der Waals surface area contributed by atoms with Gasteiger partial charge < -0.3 is 20.1 Å². The summed E-state index contributed by atoms with van der Waals surface area (Å²) in [6.45, 7) is 1.62. The Balaban J connectivity index is 1.96. The molecule has 0 saturated carbocycles. The third-order valence-electron chi connectivity index (χ3n) is 2.80. The van der Waals surface area contributed by atoms with Crippen molar-refractivity contribution in [3.05, 3.63) is 24.3 Å². The number of anilines is 2. The van der Waals surface area contributed by atoms with Gasteiger partial charge in [0.05, 0.1) is 20.3 Å². The maximum atomic E-state index is 12.0. The average Bonchev–Trinajstić information content (AvgIpc) is 2.48. The lowest BCUT2D eigenvalue weighted by Gasteiger charge is -2.23. The lowest BCUT2D eigenvalue weighted by molar-refractivity contribution is -0.120. The molecule has 0 bridgehead atoms. The first-order chi connectivity index (χ1) is 9.69. The van der Waals surface area contributed by atoms with Gasteiger partial charge in [0, 0.05) is 17.9 Å². The van der Waals surface area contributed by atoms with Crippen LogP contribution >= 0.6 is 0 Å². The number of benzene rings is 1. The fourth-order valence-electron chi connectivity index (χ4n) is 1.81. The summed E-state index contributed by atoms with van der Waals surface area (Å²) in [4.78, 5) is 23.1. The molecule has 1 aromatic rings. The van der Waals surface area contributed by atoms with Crippen molar-refractivity contribution in [3.8, 4) is 0 Å². The smallest absolute Gasteiger partial charge is 0.411 e. The van der Waals surface area contributed by atoms with Crippen LogP contribution in [0.4, 0.5) is 16.2 Å². The molecule has 0 radical (unpaired) electrons. The van der Waals surface area contributed by atoms with Crippen molar-refractivity contribution in [1.29, 1.82) is 0 Å². The molecule has 0 spiro atoms. The first-order valence-corrected chi connectivity index (χ1v) is 6.26. The lowest BCUT2D eigenvalue weighted by Crippen LogP contribution is -2.48. The Morgan fingerprint density at radius 3 is 2.75 bits per heavy atom. The van der Waals surface area contributed by atoms with Gasteiger partial charge in [0.1, 0.15) is 6.04 Å². The highest BCUT2D eigenvalue weighted by molar-refractivity contribution is 5.96. The summed E-state index contributed by atoms with van der Waals surface area (Å²) in [5.74, 6) is -0.167. The maximum Gasteiger partial charge on any atom is 0.411 e. The molecule has 1 fully saturated rings. The molecule has 7 heteroatoms. The van der Waals surface area contributed by atoms with E-state index in [4.69, 9.17) is 4.74 Å². The monoisotopic (exact) mass is 279 g/mol. The van der Waals surface area contributed by atoms with Crippen LogP contribution in [0.25, 0.3) is 0 Å². The van der Waals surface area contributed by atoms with Crippen molar-refractivity contribution in [2.45, 2.75) is 6.04 Å². The Morgan fingerprint density at radius 1 is 1.35 bits per heavy atom. The van der Waals surface area contributed by atoms with Gasteiger partial charge in [-0.3, -0.25) is 10.1 Å². The van der Waals surface area contributed by atoms with Crippen LogP contribution in [0.1, 0.15) is 0 Å². The average molecular weight is 279 g/mol.